The molecule has 3 heterocycles. The molecule has 3 atom stereocenters. The number of nitrogens with zero attached hydrogens (tertiary/aromatic N) is 1. The van der Waals surface area contributed by atoms with Gasteiger partial charge in [0, 0.05) is 41.0 Å². The van der Waals surface area contributed by atoms with Crippen LogP contribution in [0.4, 0.5) is 0 Å². The highest BCUT2D eigenvalue weighted by Crippen LogP contribution is 2.53. The molecule has 27 heavy (non-hydrogen) atoms. The first kappa shape index (κ1) is 17.4. The molecule has 0 aromatic heterocycles. The van der Waals surface area contributed by atoms with Crippen LogP contribution in [0.3, 0.4) is 0 Å². The Morgan fingerprint density at radius 2 is 1.67 bits per heavy atom. The lowest BCUT2D eigenvalue weighted by Gasteiger charge is -2.50. The van der Waals surface area contributed by atoms with E-state index < -0.39 is 0 Å². The third-order valence-electron chi connectivity index (χ3n) is 6.46. The molecule has 5 heteroatoms. The fourth-order valence-electron chi connectivity index (χ4n) is 4.82. The molecule has 0 aliphatic carbocycles. The molecule has 0 N–H and O–H groups in total. The molecule has 1 fully saturated rings. The zero-order valence-electron chi connectivity index (χ0n) is 15.7. The molecule has 5 rings (SSSR count). The molecule has 0 unspecified atom stereocenters. The van der Waals surface area contributed by atoms with Gasteiger partial charge in [0.05, 0.1) is 0 Å². The molecule has 2 aromatic rings. The highest BCUT2D eigenvalue weighted by Gasteiger charge is 2.49. The fraction of sp³-hybridized carbons (Fsp3) is 0.455. The maximum atomic E-state index is 6.70. The van der Waals surface area contributed by atoms with Crippen LogP contribution >= 0.6 is 15.9 Å². The number of hydrogen-bond donors (Lipinski definition) is 0. The summed E-state index contributed by atoms with van der Waals surface area (Å²) in [5, 5.41) is 0. The molecular weight excluding hydrogens is 406 g/mol. The van der Waals surface area contributed by atoms with Crippen molar-refractivity contribution in [2.45, 2.75) is 38.3 Å². The molecule has 142 valence electrons. The van der Waals surface area contributed by atoms with Crippen molar-refractivity contribution in [1.29, 1.82) is 0 Å². The van der Waals surface area contributed by atoms with E-state index in [1.165, 1.54) is 24.0 Å². The Labute approximate surface area is 168 Å². The predicted molar refractivity (Wildman–Crippen MR) is 108 cm³/mol. The average Bonchev–Trinajstić information content (AvgIpc) is 3.34. The van der Waals surface area contributed by atoms with Crippen molar-refractivity contribution in [3.8, 4) is 17.2 Å². The van der Waals surface area contributed by atoms with Crippen molar-refractivity contribution >= 4 is 15.9 Å². The molecule has 2 aromatic carbocycles. The second kappa shape index (κ2) is 6.42. The van der Waals surface area contributed by atoms with Crippen LogP contribution in [0.2, 0.25) is 0 Å². The summed E-state index contributed by atoms with van der Waals surface area (Å²) in [6.07, 6.45) is 2.48. The zero-order valence-corrected chi connectivity index (χ0v) is 17.3. The van der Waals surface area contributed by atoms with Crippen LogP contribution in [-0.4, -0.2) is 30.5 Å². The molecular formula is C22H24BrNO3. The summed E-state index contributed by atoms with van der Waals surface area (Å²) in [5.41, 5.74) is 2.15. The number of rotatable bonds is 2. The SMILES string of the molecule is C[C@@H]1[C@@H](c2ccc(Br)cc2)c2cc3c(cc2O[C@]1(C)N1CCCC1)OCO3. The van der Waals surface area contributed by atoms with E-state index >= 15 is 0 Å². The minimum absolute atomic E-state index is 0.238. The van der Waals surface area contributed by atoms with E-state index in [0.29, 0.717) is 5.92 Å². The van der Waals surface area contributed by atoms with Gasteiger partial charge in [-0.3, -0.25) is 4.90 Å². The van der Waals surface area contributed by atoms with Crippen LogP contribution in [0.15, 0.2) is 40.9 Å². The van der Waals surface area contributed by atoms with Crippen molar-refractivity contribution < 1.29 is 14.2 Å². The first-order valence-electron chi connectivity index (χ1n) is 9.69. The van der Waals surface area contributed by atoms with Gasteiger partial charge in [-0.15, -0.1) is 0 Å². The summed E-state index contributed by atoms with van der Waals surface area (Å²) in [6, 6.07) is 12.8. The Bertz CT molecular complexity index is 863. The Balaban J connectivity index is 1.66. The van der Waals surface area contributed by atoms with Crippen molar-refractivity contribution in [3.63, 3.8) is 0 Å². The van der Waals surface area contributed by atoms with Crippen LogP contribution < -0.4 is 14.2 Å². The lowest BCUT2D eigenvalue weighted by atomic mass is 9.74. The van der Waals surface area contributed by atoms with Crippen LogP contribution in [0.5, 0.6) is 17.2 Å². The van der Waals surface area contributed by atoms with Crippen molar-refractivity contribution in [1.82, 2.24) is 4.90 Å². The highest BCUT2D eigenvalue weighted by molar-refractivity contribution is 9.10. The number of fused-ring (bicyclic) bond motifs is 2. The van der Waals surface area contributed by atoms with Gasteiger partial charge in [-0.2, -0.15) is 0 Å². The third kappa shape index (κ3) is 2.74. The van der Waals surface area contributed by atoms with Crippen LogP contribution in [0.1, 0.15) is 43.7 Å². The summed E-state index contributed by atoms with van der Waals surface area (Å²) in [5.74, 6) is 3.05. The number of benzene rings is 2. The minimum Gasteiger partial charge on any atom is -0.472 e. The molecule has 3 aliphatic rings. The Morgan fingerprint density at radius 3 is 2.37 bits per heavy atom. The third-order valence-corrected chi connectivity index (χ3v) is 6.99. The second-order valence-electron chi connectivity index (χ2n) is 7.91. The van der Waals surface area contributed by atoms with E-state index in [4.69, 9.17) is 14.2 Å². The first-order valence-corrected chi connectivity index (χ1v) is 10.5. The molecule has 1 saturated heterocycles. The molecule has 0 spiro atoms. The van der Waals surface area contributed by atoms with Crippen molar-refractivity contribution in [3.05, 3.63) is 52.0 Å². The Kier molecular flexibility index (Phi) is 4.13. The predicted octanol–water partition coefficient (Wildman–Crippen LogP) is 5.15. The van der Waals surface area contributed by atoms with Gasteiger partial charge < -0.3 is 14.2 Å². The van der Waals surface area contributed by atoms with Gasteiger partial charge in [0.1, 0.15) is 5.75 Å². The summed E-state index contributed by atoms with van der Waals surface area (Å²) in [6.45, 7) is 7.03. The van der Waals surface area contributed by atoms with Gasteiger partial charge in [-0.05, 0) is 43.5 Å². The highest BCUT2D eigenvalue weighted by atomic mass is 79.9. The standard InChI is InChI=1S/C22H24BrNO3/c1-14-21(15-5-7-16(23)8-6-15)17-11-19-20(26-13-25-19)12-18(17)27-22(14,2)24-9-3-4-10-24/h5-8,11-12,14,21H,3-4,9-10,13H2,1-2H3/t14-,21+,22+/m1/s1. The van der Waals surface area contributed by atoms with E-state index in [1.807, 2.05) is 6.07 Å². The molecule has 0 saturated carbocycles. The van der Waals surface area contributed by atoms with E-state index in [2.05, 4.69) is 65.0 Å². The largest absolute Gasteiger partial charge is 0.472 e. The Morgan fingerprint density at radius 1 is 1.00 bits per heavy atom. The Hall–Kier alpha value is -1.72. The summed E-state index contributed by atoms with van der Waals surface area (Å²) in [7, 11) is 0. The number of likely N-dealkylation sites (tertiary alicyclic amines) is 1. The van der Waals surface area contributed by atoms with Gasteiger partial charge in [0.2, 0.25) is 6.79 Å². The molecule has 0 bridgehead atoms. The molecule has 0 amide bonds. The number of hydrogen-bond acceptors (Lipinski definition) is 4. The smallest absolute Gasteiger partial charge is 0.231 e. The minimum atomic E-state index is -0.338. The van der Waals surface area contributed by atoms with Crippen LogP contribution in [-0.2, 0) is 0 Å². The van der Waals surface area contributed by atoms with Gasteiger partial charge in [0.15, 0.2) is 17.2 Å². The molecule has 4 nitrogen and oxygen atoms in total. The van der Waals surface area contributed by atoms with Gasteiger partial charge in [-0.25, -0.2) is 0 Å². The second-order valence-corrected chi connectivity index (χ2v) is 8.83. The molecule has 0 radical (unpaired) electrons. The molecule has 3 aliphatic heterocycles. The van der Waals surface area contributed by atoms with Crippen LogP contribution in [0, 0.1) is 5.92 Å². The summed E-state index contributed by atoms with van der Waals surface area (Å²) in [4.78, 5) is 2.51. The van der Waals surface area contributed by atoms with Gasteiger partial charge >= 0.3 is 0 Å². The monoisotopic (exact) mass is 429 g/mol. The lowest BCUT2D eigenvalue weighted by Crippen LogP contribution is -2.57. The fourth-order valence-corrected chi connectivity index (χ4v) is 5.08. The topological polar surface area (TPSA) is 30.9 Å². The maximum absolute atomic E-state index is 6.70. The van der Waals surface area contributed by atoms with Crippen LogP contribution in [0.25, 0.3) is 0 Å². The quantitative estimate of drug-likeness (QED) is 0.660. The first-order chi connectivity index (χ1) is 13.1. The van der Waals surface area contributed by atoms with E-state index in [-0.39, 0.29) is 18.4 Å². The lowest BCUT2D eigenvalue weighted by molar-refractivity contribution is -0.114. The van der Waals surface area contributed by atoms with E-state index in [1.54, 1.807) is 0 Å². The summed E-state index contributed by atoms with van der Waals surface area (Å²) >= 11 is 3.56. The van der Waals surface area contributed by atoms with Crippen molar-refractivity contribution in [2.75, 3.05) is 19.9 Å². The van der Waals surface area contributed by atoms with Gasteiger partial charge in [0.25, 0.3) is 0 Å². The van der Waals surface area contributed by atoms with Gasteiger partial charge in [-0.1, -0.05) is 35.0 Å². The van der Waals surface area contributed by atoms with Crippen molar-refractivity contribution in [2.24, 2.45) is 5.92 Å². The number of halogens is 1. The normalized spacial score (nSPS) is 29.4. The average molecular weight is 430 g/mol. The van der Waals surface area contributed by atoms with E-state index in [0.717, 1.165) is 34.8 Å². The van der Waals surface area contributed by atoms with E-state index in [9.17, 15) is 0 Å². The maximum Gasteiger partial charge on any atom is 0.231 e. The zero-order chi connectivity index (χ0) is 18.6. The number of ether oxygens (including phenoxy) is 3. The summed E-state index contributed by atoms with van der Waals surface area (Å²) < 4.78 is 19.1.